The van der Waals surface area contributed by atoms with Gasteiger partial charge in [0.2, 0.25) is 0 Å². The molecule has 0 fully saturated rings. The predicted octanol–water partition coefficient (Wildman–Crippen LogP) is 2.43. The van der Waals surface area contributed by atoms with Crippen LogP contribution < -0.4 is 0 Å². The molecule has 0 saturated carbocycles. The molecule has 1 aromatic carbocycles. The van der Waals surface area contributed by atoms with E-state index in [4.69, 9.17) is 0 Å². The van der Waals surface area contributed by atoms with E-state index in [2.05, 4.69) is 10.2 Å². The smallest absolute Gasteiger partial charge is 0.167 e. The summed E-state index contributed by atoms with van der Waals surface area (Å²) in [4.78, 5) is 0. The van der Waals surface area contributed by atoms with Crippen molar-refractivity contribution in [3.63, 3.8) is 0 Å². The summed E-state index contributed by atoms with van der Waals surface area (Å²) in [5.41, 5.74) is 0.535. The van der Waals surface area contributed by atoms with Crippen LogP contribution in [0.5, 0.6) is 0 Å². The van der Waals surface area contributed by atoms with E-state index in [1.807, 2.05) is 6.92 Å². The summed E-state index contributed by atoms with van der Waals surface area (Å²) in [6, 6.07) is 2.25. The molecule has 19 heavy (non-hydrogen) atoms. The highest BCUT2D eigenvalue weighted by atomic mass is 19.1. The Morgan fingerprint density at radius 2 is 1.95 bits per heavy atom. The molecule has 0 atom stereocenters. The Balaban J connectivity index is 2.58. The molecule has 1 heterocycles. The van der Waals surface area contributed by atoms with Gasteiger partial charge in [0.05, 0.1) is 5.56 Å². The second-order valence-corrected chi connectivity index (χ2v) is 4.33. The first-order valence-corrected chi connectivity index (χ1v) is 6.07. The zero-order valence-electron chi connectivity index (χ0n) is 10.8. The molecule has 0 aliphatic heterocycles. The molecule has 2 aromatic rings. The van der Waals surface area contributed by atoms with Gasteiger partial charge in [0.1, 0.15) is 18.2 Å². The number of benzene rings is 1. The summed E-state index contributed by atoms with van der Waals surface area (Å²) in [5.74, 6) is -0.591. The third kappa shape index (κ3) is 2.49. The van der Waals surface area contributed by atoms with Crippen LogP contribution in [-0.4, -0.2) is 19.9 Å². The van der Waals surface area contributed by atoms with Gasteiger partial charge in [-0.25, -0.2) is 8.78 Å². The molecule has 0 aliphatic rings. The van der Waals surface area contributed by atoms with Gasteiger partial charge < -0.3 is 9.67 Å². The molecule has 1 N–H and O–H groups in total. The van der Waals surface area contributed by atoms with Gasteiger partial charge >= 0.3 is 0 Å². The largest absolute Gasteiger partial charge is 0.388 e. The second-order valence-electron chi connectivity index (χ2n) is 4.33. The van der Waals surface area contributed by atoms with Crippen LogP contribution in [0.15, 0.2) is 12.1 Å². The number of rotatable bonds is 4. The van der Waals surface area contributed by atoms with Gasteiger partial charge in [-0.2, -0.15) is 0 Å². The van der Waals surface area contributed by atoms with Crippen LogP contribution in [0.25, 0.3) is 11.4 Å². The van der Waals surface area contributed by atoms with Crippen LogP contribution in [0.3, 0.4) is 0 Å². The minimum absolute atomic E-state index is 0.194. The highest BCUT2D eigenvalue weighted by Crippen LogP contribution is 2.25. The topological polar surface area (TPSA) is 50.9 Å². The SMILES string of the molecule is CCCn1c(CO)nnc1-c1cc(C)c(F)cc1F. The highest BCUT2D eigenvalue weighted by Gasteiger charge is 2.17. The van der Waals surface area contributed by atoms with Crippen LogP contribution in [0.4, 0.5) is 8.78 Å². The number of hydrogen-bond acceptors (Lipinski definition) is 3. The van der Waals surface area contributed by atoms with Gasteiger partial charge in [-0.3, -0.25) is 0 Å². The number of aliphatic hydroxyl groups excluding tert-OH is 1. The summed E-state index contributed by atoms with van der Waals surface area (Å²) in [6.07, 6.45) is 0.792. The summed E-state index contributed by atoms with van der Waals surface area (Å²) in [7, 11) is 0. The van der Waals surface area contributed by atoms with E-state index in [0.29, 0.717) is 23.8 Å². The van der Waals surface area contributed by atoms with Gasteiger partial charge in [-0.05, 0) is 25.0 Å². The first kappa shape index (κ1) is 13.6. The fraction of sp³-hybridized carbons (Fsp3) is 0.385. The molecule has 0 saturated heterocycles. The molecule has 0 amide bonds. The monoisotopic (exact) mass is 267 g/mol. The maximum Gasteiger partial charge on any atom is 0.167 e. The Bertz CT molecular complexity index is 596. The van der Waals surface area contributed by atoms with E-state index in [0.717, 1.165) is 12.5 Å². The number of hydrogen-bond donors (Lipinski definition) is 1. The van der Waals surface area contributed by atoms with Crippen molar-refractivity contribution >= 4 is 0 Å². The van der Waals surface area contributed by atoms with Crippen molar-refractivity contribution in [2.24, 2.45) is 0 Å². The third-order valence-electron chi connectivity index (χ3n) is 2.91. The minimum Gasteiger partial charge on any atom is -0.388 e. The fourth-order valence-corrected chi connectivity index (χ4v) is 1.94. The number of aryl methyl sites for hydroxylation is 1. The molecular weight excluding hydrogens is 252 g/mol. The molecule has 4 nitrogen and oxygen atoms in total. The van der Waals surface area contributed by atoms with E-state index in [-0.39, 0.29) is 12.2 Å². The maximum atomic E-state index is 13.9. The zero-order chi connectivity index (χ0) is 14.0. The number of halogens is 2. The molecule has 0 unspecified atom stereocenters. The molecule has 2 rings (SSSR count). The molecule has 0 spiro atoms. The van der Waals surface area contributed by atoms with E-state index in [1.54, 1.807) is 11.5 Å². The molecule has 0 radical (unpaired) electrons. The van der Waals surface area contributed by atoms with Crippen molar-refractivity contribution < 1.29 is 13.9 Å². The van der Waals surface area contributed by atoms with Crippen molar-refractivity contribution in [3.8, 4) is 11.4 Å². The van der Waals surface area contributed by atoms with Crippen LogP contribution >= 0.6 is 0 Å². The zero-order valence-corrected chi connectivity index (χ0v) is 10.8. The lowest BCUT2D eigenvalue weighted by Gasteiger charge is -2.09. The van der Waals surface area contributed by atoms with Crippen LogP contribution in [-0.2, 0) is 13.2 Å². The van der Waals surface area contributed by atoms with Gasteiger partial charge in [0.25, 0.3) is 0 Å². The normalized spacial score (nSPS) is 11.0. The maximum absolute atomic E-state index is 13.9. The Hall–Kier alpha value is -1.82. The summed E-state index contributed by atoms with van der Waals surface area (Å²) in [5, 5.41) is 16.9. The van der Waals surface area contributed by atoms with Crippen molar-refractivity contribution in [1.82, 2.24) is 14.8 Å². The molecule has 0 bridgehead atoms. The Kier molecular flexibility index (Phi) is 3.90. The lowest BCUT2D eigenvalue weighted by molar-refractivity contribution is 0.264. The first-order chi connectivity index (χ1) is 9.08. The average molecular weight is 267 g/mol. The Morgan fingerprint density at radius 1 is 1.21 bits per heavy atom. The van der Waals surface area contributed by atoms with Crippen molar-refractivity contribution in [2.75, 3.05) is 0 Å². The standard InChI is InChI=1S/C13H15F2N3O/c1-3-4-18-12(7-19)16-17-13(18)9-5-8(2)10(14)6-11(9)15/h5-6,19H,3-4,7H2,1-2H3. The molecule has 1 aromatic heterocycles. The van der Waals surface area contributed by atoms with Crippen molar-refractivity contribution in [3.05, 3.63) is 35.2 Å². The van der Waals surface area contributed by atoms with Gasteiger partial charge in [0.15, 0.2) is 11.6 Å². The third-order valence-corrected chi connectivity index (χ3v) is 2.91. The van der Waals surface area contributed by atoms with Crippen LogP contribution in [0.2, 0.25) is 0 Å². The van der Waals surface area contributed by atoms with E-state index < -0.39 is 11.6 Å². The Morgan fingerprint density at radius 3 is 2.58 bits per heavy atom. The van der Waals surface area contributed by atoms with E-state index in [9.17, 15) is 13.9 Å². The van der Waals surface area contributed by atoms with Crippen molar-refractivity contribution in [1.29, 1.82) is 0 Å². The summed E-state index contributed by atoms with van der Waals surface area (Å²) < 4.78 is 28.8. The number of aromatic nitrogens is 3. The quantitative estimate of drug-likeness (QED) is 0.925. The highest BCUT2D eigenvalue weighted by molar-refractivity contribution is 5.57. The lowest BCUT2D eigenvalue weighted by atomic mass is 10.1. The molecule has 0 aliphatic carbocycles. The van der Waals surface area contributed by atoms with Crippen LogP contribution in [0.1, 0.15) is 24.7 Å². The second kappa shape index (κ2) is 5.44. The predicted molar refractivity (Wildman–Crippen MR) is 66.3 cm³/mol. The first-order valence-electron chi connectivity index (χ1n) is 6.07. The van der Waals surface area contributed by atoms with Gasteiger partial charge in [0, 0.05) is 12.6 Å². The number of nitrogens with zero attached hydrogens (tertiary/aromatic N) is 3. The molecule has 102 valence electrons. The summed E-state index contributed by atoms with van der Waals surface area (Å²) in [6.45, 7) is 3.81. The van der Waals surface area contributed by atoms with Crippen molar-refractivity contribution in [2.45, 2.75) is 33.4 Å². The molecule has 6 heteroatoms. The van der Waals surface area contributed by atoms with E-state index in [1.165, 1.54) is 6.07 Å². The Labute approximate surface area is 109 Å². The molecular formula is C13H15F2N3O. The van der Waals surface area contributed by atoms with Gasteiger partial charge in [-0.15, -0.1) is 10.2 Å². The lowest BCUT2D eigenvalue weighted by Crippen LogP contribution is -2.06. The fourth-order valence-electron chi connectivity index (χ4n) is 1.94. The van der Waals surface area contributed by atoms with Gasteiger partial charge in [-0.1, -0.05) is 6.92 Å². The van der Waals surface area contributed by atoms with E-state index >= 15 is 0 Å². The van der Waals surface area contributed by atoms with Crippen LogP contribution in [0, 0.1) is 18.6 Å². The minimum atomic E-state index is -0.683. The summed E-state index contributed by atoms with van der Waals surface area (Å²) >= 11 is 0. The number of aliphatic hydroxyl groups is 1. The average Bonchev–Trinajstić information content (AvgIpc) is 2.77.